The molecule has 3 rings (SSSR count). The summed E-state index contributed by atoms with van der Waals surface area (Å²) in [5, 5.41) is 5.69. The molecular formula is C17H17N3O. The van der Waals surface area contributed by atoms with E-state index in [0.717, 1.165) is 28.0 Å². The molecule has 3 aromatic rings. The zero-order chi connectivity index (χ0) is 14.8. The molecule has 0 bridgehead atoms. The number of ether oxygens (including phenoxy) is 1. The number of nitrogens with zero attached hydrogens (tertiary/aromatic N) is 3. The monoisotopic (exact) mass is 279 g/mol. The standard InChI is InChI=1S/C17H17N3O/c1-4-10-21-15-11-12(2)16-13(3)19-20(17(16)18-15)14-8-6-5-7-9-14/h4-9,11H,1,10H2,2-3H3. The van der Waals surface area contributed by atoms with Crippen molar-refractivity contribution in [2.75, 3.05) is 6.61 Å². The first kappa shape index (κ1) is 13.4. The molecule has 0 aliphatic carbocycles. The van der Waals surface area contributed by atoms with E-state index >= 15 is 0 Å². The Kier molecular flexibility index (Phi) is 3.44. The Bertz CT molecular complexity index is 791. The van der Waals surface area contributed by atoms with E-state index in [2.05, 4.69) is 23.6 Å². The normalized spacial score (nSPS) is 10.8. The van der Waals surface area contributed by atoms with E-state index in [1.165, 1.54) is 0 Å². The number of aromatic nitrogens is 3. The van der Waals surface area contributed by atoms with Gasteiger partial charge in [0.05, 0.1) is 11.4 Å². The van der Waals surface area contributed by atoms with Crippen LogP contribution in [-0.2, 0) is 0 Å². The summed E-state index contributed by atoms with van der Waals surface area (Å²) in [4.78, 5) is 4.60. The second kappa shape index (κ2) is 5.40. The van der Waals surface area contributed by atoms with Gasteiger partial charge in [-0.2, -0.15) is 10.1 Å². The number of pyridine rings is 1. The third kappa shape index (κ3) is 2.40. The van der Waals surface area contributed by atoms with Gasteiger partial charge in [0.2, 0.25) is 5.88 Å². The predicted octanol–water partition coefficient (Wildman–Crippen LogP) is 3.60. The maximum absolute atomic E-state index is 5.57. The fourth-order valence-electron chi connectivity index (χ4n) is 2.44. The minimum absolute atomic E-state index is 0.441. The molecule has 21 heavy (non-hydrogen) atoms. The minimum Gasteiger partial charge on any atom is -0.473 e. The Morgan fingerprint density at radius 2 is 2.00 bits per heavy atom. The van der Waals surface area contributed by atoms with Gasteiger partial charge in [-0.1, -0.05) is 30.9 Å². The molecule has 0 N–H and O–H groups in total. The summed E-state index contributed by atoms with van der Waals surface area (Å²) in [6.45, 7) is 8.15. The smallest absolute Gasteiger partial charge is 0.215 e. The Labute approximate surface area is 123 Å². The molecule has 0 aliphatic heterocycles. The van der Waals surface area contributed by atoms with Crippen molar-refractivity contribution in [3.63, 3.8) is 0 Å². The summed E-state index contributed by atoms with van der Waals surface area (Å²) < 4.78 is 7.43. The molecule has 2 aromatic heterocycles. The van der Waals surface area contributed by atoms with Gasteiger partial charge >= 0.3 is 0 Å². The molecule has 0 radical (unpaired) electrons. The van der Waals surface area contributed by atoms with Crippen LogP contribution in [0.3, 0.4) is 0 Å². The molecule has 2 heterocycles. The van der Waals surface area contributed by atoms with E-state index in [1.807, 2.05) is 48.0 Å². The van der Waals surface area contributed by atoms with Crippen LogP contribution in [0.2, 0.25) is 0 Å². The Morgan fingerprint density at radius 1 is 1.24 bits per heavy atom. The summed E-state index contributed by atoms with van der Waals surface area (Å²) in [6, 6.07) is 11.9. The number of benzene rings is 1. The van der Waals surface area contributed by atoms with Crippen LogP contribution < -0.4 is 4.74 Å². The van der Waals surface area contributed by atoms with Gasteiger partial charge in [0.25, 0.3) is 0 Å². The van der Waals surface area contributed by atoms with Crippen molar-refractivity contribution in [2.24, 2.45) is 0 Å². The van der Waals surface area contributed by atoms with Gasteiger partial charge < -0.3 is 4.74 Å². The van der Waals surface area contributed by atoms with Crippen LogP contribution >= 0.6 is 0 Å². The van der Waals surface area contributed by atoms with Crippen molar-refractivity contribution in [3.8, 4) is 11.6 Å². The highest BCUT2D eigenvalue weighted by atomic mass is 16.5. The third-order valence-electron chi connectivity index (χ3n) is 3.34. The first-order valence-electron chi connectivity index (χ1n) is 6.87. The number of fused-ring (bicyclic) bond motifs is 1. The fourth-order valence-corrected chi connectivity index (χ4v) is 2.44. The van der Waals surface area contributed by atoms with Crippen molar-refractivity contribution >= 4 is 11.0 Å². The SMILES string of the molecule is C=CCOc1cc(C)c2c(C)nn(-c3ccccc3)c2n1. The Morgan fingerprint density at radius 3 is 2.71 bits per heavy atom. The highest BCUT2D eigenvalue weighted by Crippen LogP contribution is 2.26. The molecular weight excluding hydrogens is 262 g/mol. The van der Waals surface area contributed by atoms with E-state index in [1.54, 1.807) is 6.08 Å². The second-order valence-electron chi connectivity index (χ2n) is 4.91. The zero-order valence-corrected chi connectivity index (χ0v) is 12.2. The third-order valence-corrected chi connectivity index (χ3v) is 3.34. The minimum atomic E-state index is 0.441. The topological polar surface area (TPSA) is 39.9 Å². The van der Waals surface area contributed by atoms with E-state index in [-0.39, 0.29) is 0 Å². The maximum Gasteiger partial charge on any atom is 0.215 e. The van der Waals surface area contributed by atoms with Gasteiger partial charge in [-0.3, -0.25) is 0 Å². The number of aryl methyl sites for hydroxylation is 2. The van der Waals surface area contributed by atoms with Gasteiger partial charge in [0.15, 0.2) is 5.65 Å². The number of rotatable bonds is 4. The molecule has 0 amide bonds. The van der Waals surface area contributed by atoms with E-state index < -0.39 is 0 Å². The average Bonchev–Trinajstić information content (AvgIpc) is 2.83. The molecule has 1 aromatic carbocycles. The number of hydrogen-bond donors (Lipinski definition) is 0. The quantitative estimate of drug-likeness (QED) is 0.685. The van der Waals surface area contributed by atoms with Crippen molar-refractivity contribution in [1.82, 2.24) is 14.8 Å². The molecule has 0 saturated carbocycles. The molecule has 0 aliphatic rings. The first-order valence-corrected chi connectivity index (χ1v) is 6.87. The predicted molar refractivity (Wildman–Crippen MR) is 84.0 cm³/mol. The van der Waals surface area contributed by atoms with Crippen molar-refractivity contribution in [3.05, 3.63) is 60.3 Å². The van der Waals surface area contributed by atoms with Gasteiger partial charge in [-0.05, 0) is 31.5 Å². The second-order valence-corrected chi connectivity index (χ2v) is 4.91. The maximum atomic E-state index is 5.57. The molecule has 0 fully saturated rings. The highest BCUT2D eigenvalue weighted by molar-refractivity contribution is 5.83. The number of para-hydroxylation sites is 1. The summed E-state index contributed by atoms with van der Waals surface area (Å²) in [6.07, 6.45) is 1.71. The molecule has 0 unspecified atom stereocenters. The summed E-state index contributed by atoms with van der Waals surface area (Å²) >= 11 is 0. The molecule has 0 spiro atoms. The van der Waals surface area contributed by atoms with Crippen LogP contribution in [0, 0.1) is 13.8 Å². The Balaban J connectivity index is 2.21. The van der Waals surface area contributed by atoms with Crippen molar-refractivity contribution in [2.45, 2.75) is 13.8 Å². The lowest BCUT2D eigenvalue weighted by Gasteiger charge is -2.06. The van der Waals surface area contributed by atoms with Crippen LogP contribution in [0.25, 0.3) is 16.7 Å². The van der Waals surface area contributed by atoms with Crippen LogP contribution in [0.4, 0.5) is 0 Å². The van der Waals surface area contributed by atoms with Crippen molar-refractivity contribution < 1.29 is 4.74 Å². The molecule has 4 heteroatoms. The lowest BCUT2D eigenvalue weighted by atomic mass is 10.2. The van der Waals surface area contributed by atoms with Gasteiger partial charge in [0, 0.05) is 11.5 Å². The van der Waals surface area contributed by atoms with Gasteiger partial charge in [0.1, 0.15) is 6.61 Å². The summed E-state index contributed by atoms with van der Waals surface area (Å²) in [5.41, 5.74) is 3.88. The van der Waals surface area contributed by atoms with Crippen LogP contribution in [0.15, 0.2) is 49.1 Å². The van der Waals surface area contributed by atoms with Crippen LogP contribution in [0.5, 0.6) is 5.88 Å². The van der Waals surface area contributed by atoms with E-state index in [9.17, 15) is 0 Å². The number of hydrogen-bond acceptors (Lipinski definition) is 3. The molecule has 106 valence electrons. The van der Waals surface area contributed by atoms with Crippen LogP contribution in [-0.4, -0.2) is 21.4 Å². The Hall–Kier alpha value is -2.62. The average molecular weight is 279 g/mol. The lowest BCUT2D eigenvalue weighted by Crippen LogP contribution is -2.00. The zero-order valence-electron chi connectivity index (χ0n) is 12.2. The van der Waals surface area contributed by atoms with Gasteiger partial charge in [-0.25, -0.2) is 4.68 Å². The summed E-state index contributed by atoms with van der Waals surface area (Å²) in [5.74, 6) is 0.594. The fraction of sp³-hybridized carbons (Fsp3) is 0.176. The van der Waals surface area contributed by atoms with Gasteiger partial charge in [-0.15, -0.1) is 0 Å². The molecule has 0 saturated heterocycles. The van der Waals surface area contributed by atoms with Crippen molar-refractivity contribution in [1.29, 1.82) is 0 Å². The highest BCUT2D eigenvalue weighted by Gasteiger charge is 2.14. The first-order chi connectivity index (χ1) is 10.2. The van der Waals surface area contributed by atoms with Crippen LogP contribution in [0.1, 0.15) is 11.3 Å². The largest absolute Gasteiger partial charge is 0.473 e. The van der Waals surface area contributed by atoms with E-state index in [0.29, 0.717) is 12.5 Å². The molecule has 4 nitrogen and oxygen atoms in total. The lowest BCUT2D eigenvalue weighted by molar-refractivity contribution is 0.349. The molecule has 0 atom stereocenters. The van der Waals surface area contributed by atoms with E-state index in [4.69, 9.17) is 4.74 Å². The summed E-state index contributed by atoms with van der Waals surface area (Å²) in [7, 11) is 0.